The van der Waals surface area contributed by atoms with E-state index < -0.39 is 11.9 Å². The van der Waals surface area contributed by atoms with Crippen molar-refractivity contribution < 1.29 is 14.9 Å². The molecule has 3 nitrogen and oxygen atoms in total. The quantitative estimate of drug-likeness (QED) is 0.473. The van der Waals surface area contributed by atoms with Gasteiger partial charge in [-0.1, -0.05) is 26.8 Å². The van der Waals surface area contributed by atoms with Gasteiger partial charge in [-0.2, -0.15) is 0 Å². The number of rotatable bonds is 7. The Morgan fingerprint density at radius 3 is 2.54 bits per heavy atom. The van der Waals surface area contributed by atoms with Crippen LogP contribution in [0.15, 0.2) is 12.8 Å². The lowest BCUT2D eigenvalue weighted by Gasteiger charge is -2.31. The molecule has 0 heterocycles. The van der Waals surface area contributed by atoms with E-state index in [-0.39, 0.29) is 0 Å². The second-order valence-electron chi connectivity index (χ2n) is 3.16. The fraction of sp³-hybridized carbons (Fsp3) is 0.800. The van der Waals surface area contributed by atoms with E-state index in [1.165, 1.54) is 6.26 Å². The molecule has 0 radical (unpaired) electrons. The molecule has 13 heavy (non-hydrogen) atoms. The van der Waals surface area contributed by atoms with Gasteiger partial charge in [0.2, 0.25) is 5.79 Å². The van der Waals surface area contributed by atoms with Gasteiger partial charge in [0.15, 0.2) is 0 Å². The molecule has 0 amide bonds. The highest BCUT2D eigenvalue weighted by atomic mass is 16.6. The van der Waals surface area contributed by atoms with Gasteiger partial charge in [0.1, 0.15) is 6.10 Å². The minimum atomic E-state index is -1.45. The molecule has 0 aliphatic rings. The highest BCUT2D eigenvalue weighted by molar-refractivity contribution is 4.78. The van der Waals surface area contributed by atoms with Crippen LogP contribution in [-0.2, 0) is 4.74 Å². The molecular weight excluding hydrogens is 168 g/mol. The Kier molecular flexibility index (Phi) is 5.75. The Bertz CT molecular complexity index is 147. The van der Waals surface area contributed by atoms with Crippen LogP contribution in [0.1, 0.15) is 39.5 Å². The molecule has 3 heteroatoms. The first-order valence-corrected chi connectivity index (χ1v) is 4.79. The van der Waals surface area contributed by atoms with Gasteiger partial charge in [0, 0.05) is 6.42 Å². The van der Waals surface area contributed by atoms with Crippen LogP contribution >= 0.6 is 0 Å². The van der Waals surface area contributed by atoms with Gasteiger partial charge in [0.05, 0.1) is 6.26 Å². The topological polar surface area (TPSA) is 49.7 Å². The van der Waals surface area contributed by atoms with Crippen molar-refractivity contribution in [2.75, 3.05) is 0 Å². The molecule has 0 bridgehead atoms. The van der Waals surface area contributed by atoms with Gasteiger partial charge >= 0.3 is 0 Å². The minimum Gasteiger partial charge on any atom is -0.468 e. The van der Waals surface area contributed by atoms with E-state index in [0.717, 1.165) is 12.8 Å². The summed E-state index contributed by atoms with van der Waals surface area (Å²) in [5, 5.41) is 19.4. The van der Waals surface area contributed by atoms with Crippen molar-refractivity contribution in [3.05, 3.63) is 12.8 Å². The lowest BCUT2D eigenvalue weighted by Crippen LogP contribution is -2.43. The minimum absolute atomic E-state index is 0.435. The monoisotopic (exact) mass is 188 g/mol. The zero-order valence-corrected chi connectivity index (χ0v) is 8.49. The van der Waals surface area contributed by atoms with Crippen LogP contribution in [-0.4, -0.2) is 22.1 Å². The molecule has 0 aromatic heterocycles. The van der Waals surface area contributed by atoms with Gasteiger partial charge in [-0.25, -0.2) is 0 Å². The first-order chi connectivity index (χ1) is 6.10. The lowest BCUT2D eigenvalue weighted by atomic mass is 10.0. The fourth-order valence-electron chi connectivity index (χ4n) is 1.20. The summed E-state index contributed by atoms with van der Waals surface area (Å²) in [5.41, 5.74) is 0. The first kappa shape index (κ1) is 12.5. The number of hydrogen-bond acceptors (Lipinski definition) is 3. The molecule has 0 aromatic carbocycles. The van der Waals surface area contributed by atoms with Crippen LogP contribution in [0.25, 0.3) is 0 Å². The second-order valence-corrected chi connectivity index (χ2v) is 3.16. The maximum absolute atomic E-state index is 9.87. The van der Waals surface area contributed by atoms with Gasteiger partial charge < -0.3 is 14.9 Å². The molecular formula is C10H20O3. The van der Waals surface area contributed by atoms with Crippen LogP contribution in [0.5, 0.6) is 0 Å². The summed E-state index contributed by atoms with van der Waals surface area (Å²) in [6, 6.07) is 0. The Labute approximate surface area is 80.0 Å². The van der Waals surface area contributed by atoms with Crippen LogP contribution in [0.4, 0.5) is 0 Å². The maximum Gasteiger partial charge on any atom is 0.233 e. The van der Waals surface area contributed by atoms with Gasteiger partial charge in [-0.3, -0.25) is 0 Å². The summed E-state index contributed by atoms with van der Waals surface area (Å²) in [6.07, 6.45) is 3.00. The standard InChI is InChI=1S/C10H20O3/c1-4-7-8-10(12,13-6-3)9(11)5-2/h6,9,11-12H,3-5,7-8H2,1-2H3. The van der Waals surface area contributed by atoms with Crippen molar-refractivity contribution in [1.82, 2.24) is 0 Å². The van der Waals surface area contributed by atoms with Crippen molar-refractivity contribution in [2.24, 2.45) is 0 Å². The summed E-state index contributed by atoms with van der Waals surface area (Å²) >= 11 is 0. The number of unbranched alkanes of at least 4 members (excludes halogenated alkanes) is 1. The van der Waals surface area contributed by atoms with E-state index in [1.54, 1.807) is 6.92 Å². The summed E-state index contributed by atoms with van der Waals surface area (Å²) in [4.78, 5) is 0. The molecule has 78 valence electrons. The average Bonchev–Trinajstić information content (AvgIpc) is 2.14. The first-order valence-electron chi connectivity index (χ1n) is 4.79. The molecule has 2 N–H and O–H groups in total. The second kappa shape index (κ2) is 6.00. The van der Waals surface area contributed by atoms with Crippen molar-refractivity contribution in [2.45, 2.75) is 51.4 Å². The Hall–Kier alpha value is -0.540. The zero-order valence-electron chi connectivity index (χ0n) is 8.49. The highest BCUT2D eigenvalue weighted by Crippen LogP contribution is 2.22. The van der Waals surface area contributed by atoms with Crippen molar-refractivity contribution in [1.29, 1.82) is 0 Å². The molecule has 2 unspecified atom stereocenters. The molecule has 0 saturated carbocycles. The van der Waals surface area contributed by atoms with E-state index in [9.17, 15) is 10.2 Å². The van der Waals surface area contributed by atoms with E-state index in [1.807, 2.05) is 6.92 Å². The van der Waals surface area contributed by atoms with Crippen LogP contribution in [0.2, 0.25) is 0 Å². The molecule has 0 saturated heterocycles. The molecule has 0 aromatic rings. The third-order valence-corrected chi connectivity index (χ3v) is 2.08. The highest BCUT2D eigenvalue weighted by Gasteiger charge is 2.34. The number of aliphatic hydroxyl groups is 2. The predicted molar refractivity (Wildman–Crippen MR) is 52.1 cm³/mol. The maximum atomic E-state index is 9.87. The van der Waals surface area contributed by atoms with Crippen molar-refractivity contribution in [3.63, 3.8) is 0 Å². The SMILES string of the molecule is C=COC(O)(CCCC)C(O)CC. The molecule has 0 aliphatic carbocycles. The van der Waals surface area contributed by atoms with Crippen LogP contribution in [0.3, 0.4) is 0 Å². The summed E-state index contributed by atoms with van der Waals surface area (Å²) < 4.78 is 4.95. The molecule has 0 aliphatic heterocycles. The lowest BCUT2D eigenvalue weighted by molar-refractivity contribution is -0.233. The Balaban J connectivity index is 4.22. The van der Waals surface area contributed by atoms with Gasteiger partial charge in [-0.15, -0.1) is 0 Å². The predicted octanol–water partition coefficient (Wildman–Crippen LogP) is 1.80. The van der Waals surface area contributed by atoms with E-state index in [4.69, 9.17) is 4.74 Å². The van der Waals surface area contributed by atoms with Crippen molar-refractivity contribution in [3.8, 4) is 0 Å². The molecule has 0 rings (SSSR count). The number of ether oxygens (including phenoxy) is 1. The van der Waals surface area contributed by atoms with Crippen LogP contribution in [0, 0.1) is 0 Å². The number of aliphatic hydroxyl groups excluding tert-OH is 1. The van der Waals surface area contributed by atoms with E-state index >= 15 is 0 Å². The Morgan fingerprint density at radius 2 is 2.15 bits per heavy atom. The normalized spacial score (nSPS) is 17.5. The molecule has 0 spiro atoms. The number of hydrogen-bond donors (Lipinski definition) is 2. The summed E-state index contributed by atoms with van der Waals surface area (Å²) in [7, 11) is 0. The third-order valence-electron chi connectivity index (χ3n) is 2.08. The summed E-state index contributed by atoms with van der Waals surface area (Å²) in [6.45, 7) is 7.20. The van der Waals surface area contributed by atoms with Gasteiger partial charge in [0.25, 0.3) is 0 Å². The third kappa shape index (κ3) is 3.79. The van der Waals surface area contributed by atoms with Gasteiger partial charge in [-0.05, 0) is 12.8 Å². The van der Waals surface area contributed by atoms with E-state index in [0.29, 0.717) is 12.8 Å². The average molecular weight is 188 g/mol. The smallest absolute Gasteiger partial charge is 0.233 e. The van der Waals surface area contributed by atoms with Crippen LogP contribution < -0.4 is 0 Å². The molecule has 2 atom stereocenters. The summed E-state index contributed by atoms with van der Waals surface area (Å²) in [5.74, 6) is -1.45. The largest absolute Gasteiger partial charge is 0.468 e. The van der Waals surface area contributed by atoms with Crippen molar-refractivity contribution >= 4 is 0 Å². The Morgan fingerprint density at radius 1 is 1.54 bits per heavy atom. The fourth-order valence-corrected chi connectivity index (χ4v) is 1.20. The van der Waals surface area contributed by atoms with E-state index in [2.05, 4.69) is 6.58 Å². The molecule has 0 fully saturated rings. The zero-order chi connectivity index (χ0) is 10.3.